The molecule has 0 unspecified atom stereocenters. The van der Waals surface area contributed by atoms with Crippen LogP contribution in [0.4, 0.5) is 5.69 Å². The van der Waals surface area contributed by atoms with E-state index in [4.69, 9.17) is 26.4 Å². The van der Waals surface area contributed by atoms with Crippen molar-refractivity contribution < 1.29 is 19.0 Å². The molecular weight excluding hydrogens is 444 g/mol. The van der Waals surface area contributed by atoms with E-state index in [0.29, 0.717) is 45.5 Å². The van der Waals surface area contributed by atoms with Gasteiger partial charge in [0, 0.05) is 11.6 Å². The predicted molar refractivity (Wildman–Crippen MR) is 118 cm³/mol. The topological polar surface area (TPSA) is 68.8 Å². The molecule has 0 fully saturated rings. The second-order valence-electron chi connectivity index (χ2n) is 6.32. The summed E-state index contributed by atoms with van der Waals surface area (Å²) < 4.78 is 16.9. The van der Waals surface area contributed by atoms with Gasteiger partial charge in [0.1, 0.15) is 17.2 Å². The summed E-state index contributed by atoms with van der Waals surface area (Å²) in [6, 6.07) is 10.4. The average molecular weight is 467 g/mol. The molecule has 2 aromatic carbocycles. The number of hydrogen-bond acceptors (Lipinski definition) is 5. The SMILES string of the molecule is COc1ccc(OC)c(NC(=S)NC(=O)c2ccc(OCC(C)C)c(Br)c2)c1. The summed E-state index contributed by atoms with van der Waals surface area (Å²) in [4.78, 5) is 12.5. The summed E-state index contributed by atoms with van der Waals surface area (Å²) in [6.07, 6.45) is 0. The Balaban J connectivity index is 2.04. The molecule has 0 aliphatic rings. The van der Waals surface area contributed by atoms with Crippen LogP contribution in [0.5, 0.6) is 17.2 Å². The molecule has 0 aliphatic carbocycles. The minimum atomic E-state index is -0.338. The van der Waals surface area contributed by atoms with Crippen molar-refractivity contribution in [3.05, 3.63) is 46.4 Å². The lowest BCUT2D eigenvalue weighted by atomic mass is 10.2. The highest BCUT2D eigenvalue weighted by atomic mass is 79.9. The quantitative estimate of drug-likeness (QED) is 0.579. The number of carbonyl (C=O) groups excluding carboxylic acids is 1. The number of amides is 1. The molecule has 2 aromatic rings. The van der Waals surface area contributed by atoms with Gasteiger partial charge in [-0.15, -0.1) is 0 Å². The molecule has 6 nitrogen and oxygen atoms in total. The second kappa shape index (κ2) is 10.3. The zero-order valence-corrected chi connectivity index (χ0v) is 18.6. The first kappa shape index (κ1) is 22.0. The highest BCUT2D eigenvalue weighted by Gasteiger charge is 2.13. The van der Waals surface area contributed by atoms with Crippen LogP contribution in [0.1, 0.15) is 24.2 Å². The van der Waals surface area contributed by atoms with Crippen molar-refractivity contribution in [2.75, 3.05) is 26.1 Å². The predicted octanol–water partition coefficient (Wildman–Crippen LogP) is 4.63. The molecule has 0 heterocycles. The third-order valence-corrected chi connectivity index (χ3v) is 4.47. The van der Waals surface area contributed by atoms with Crippen molar-refractivity contribution in [3.8, 4) is 17.2 Å². The first-order valence-corrected chi connectivity index (χ1v) is 9.81. The van der Waals surface area contributed by atoms with Gasteiger partial charge in [0.2, 0.25) is 0 Å². The molecule has 0 radical (unpaired) electrons. The number of benzene rings is 2. The maximum Gasteiger partial charge on any atom is 0.257 e. The van der Waals surface area contributed by atoms with E-state index in [1.165, 1.54) is 0 Å². The fraction of sp³-hybridized carbons (Fsp3) is 0.300. The number of anilines is 1. The number of halogens is 1. The van der Waals surface area contributed by atoms with Crippen molar-refractivity contribution in [3.63, 3.8) is 0 Å². The van der Waals surface area contributed by atoms with Gasteiger partial charge in [-0.1, -0.05) is 13.8 Å². The molecule has 0 atom stereocenters. The smallest absolute Gasteiger partial charge is 0.257 e. The minimum Gasteiger partial charge on any atom is -0.497 e. The minimum absolute atomic E-state index is 0.146. The average Bonchev–Trinajstić information content (AvgIpc) is 2.66. The number of methoxy groups -OCH3 is 2. The number of hydrogen-bond donors (Lipinski definition) is 2. The first-order valence-electron chi connectivity index (χ1n) is 8.60. The molecule has 2 rings (SSSR count). The standard InChI is InChI=1S/C20H23BrN2O4S/c1-12(2)11-27-17-7-5-13(9-15(17)21)19(24)23-20(28)22-16-10-14(25-3)6-8-18(16)26-4/h5-10,12H,11H2,1-4H3,(H2,22,23,24,28). The molecule has 28 heavy (non-hydrogen) atoms. The van der Waals surface area contributed by atoms with Crippen LogP contribution in [-0.4, -0.2) is 31.8 Å². The van der Waals surface area contributed by atoms with Crippen molar-refractivity contribution in [1.82, 2.24) is 5.32 Å². The van der Waals surface area contributed by atoms with Crippen LogP contribution in [0.15, 0.2) is 40.9 Å². The monoisotopic (exact) mass is 466 g/mol. The van der Waals surface area contributed by atoms with Crippen molar-refractivity contribution >= 4 is 44.9 Å². The summed E-state index contributed by atoms with van der Waals surface area (Å²) in [5, 5.41) is 5.75. The Morgan fingerprint density at radius 2 is 1.82 bits per heavy atom. The molecule has 0 saturated heterocycles. The summed E-state index contributed by atoms with van der Waals surface area (Å²) in [6.45, 7) is 4.74. The van der Waals surface area contributed by atoms with Gasteiger partial charge in [0.25, 0.3) is 5.91 Å². The fourth-order valence-corrected chi connectivity index (χ4v) is 2.95. The largest absolute Gasteiger partial charge is 0.497 e. The van der Waals surface area contributed by atoms with Crippen LogP contribution in [-0.2, 0) is 0 Å². The molecule has 0 aromatic heterocycles. The molecule has 0 aliphatic heterocycles. The zero-order chi connectivity index (χ0) is 20.7. The van der Waals surface area contributed by atoms with E-state index in [2.05, 4.69) is 40.4 Å². The van der Waals surface area contributed by atoms with E-state index in [1.54, 1.807) is 50.6 Å². The van der Waals surface area contributed by atoms with E-state index in [9.17, 15) is 4.79 Å². The van der Waals surface area contributed by atoms with Crippen LogP contribution in [0.3, 0.4) is 0 Å². The summed E-state index contributed by atoms with van der Waals surface area (Å²) in [7, 11) is 3.12. The van der Waals surface area contributed by atoms with E-state index in [-0.39, 0.29) is 11.0 Å². The molecule has 0 saturated carbocycles. The maximum atomic E-state index is 12.5. The fourth-order valence-electron chi connectivity index (χ4n) is 2.26. The number of nitrogens with one attached hydrogen (secondary N) is 2. The summed E-state index contributed by atoms with van der Waals surface area (Å²) in [5.41, 5.74) is 1.04. The summed E-state index contributed by atoms with van der Waals surface area (Å²) >= 11 is 8.69. The van der Waals surface area contributed by atoms with Gasteiger partial charge in [0.15, 0.2) is 5.11 Å². The lowest BCUT2D eigenvalue weighted by molar-refractivity contribution is 0.0977. The molecule has 0 spiro atoms. The molecular formula is C20H23BrN2O4S. The maximum absolute atomic E-state index is 12.5. The Morgan fingerprint density at radius 3 is 2.43 bits per heavy atom. The van der Waals surface area contributed by atoms with Gasteiger partial charge < -0.3 is 19.5 Å². The Hall–Kier alpha value is -2.32. The molecule has 8 heteroatoms. The summed E-state index contributed by atoms with van der Waals surface area (Å²) in [5.74, 6) is 1.97. The van der Waals surface area contributed by atoms with E-state index in [0.717, 1.165) is 0 Å². The second-order valence-corrected chi connectivity index (χ2v) is 7.59. The van der Waals surface area contributed by atoms with Crippen LogP contribution < -0.4 is 24.8 Å². The van der Waals surface area contributed by atoms with Crippen LogP contribution >= 0.6 is 28.1 Å². The van der Waals surface area contributed by atoms with Gasteiger partial charge in [0.05, 0.1) is 31.0 Å². The van der Waals surface area contributed by atoms with E-state index in [1.807, 2.05) is 0 Å². The van der Waals surface area contributed by atoms with E-state index < -0.39 is 0 Å². The zero-order valence-electron chi connectivity index (χ0n) is 16.2. The number of ether oxygens (including phenoxy) is 3. The van der Waals surface area contributed by atoms with Crippen molar-refractivity contribution in [2.45, 2.75) is 13.8 Å². The molecule has 0 bridgehead atoms. The number of thiocarbonyl (C=S) groups is 1. The van der Waals surface area contributed by atoms with Gasteiger partial charge in [-0.05, 0) is 64.4 Å². The number of carbonyl (C=O) groups is 1. The third kappa shape index (κ3) is 6.10. The number of rotatable bonds is 7. The molecule has 150 valence electrons. The molecule has 2 N–H and O–H groups in total. The Kier molecular flexibility index (Phi) is 8.07. The van der Waals surface area contributed by atoms with Gasteiger partial charge in [-0.25, -0.2) is 0 Å². The third-order valence-electron chi connectivity index (χ3n) is 3.65. The van der Waals surface area contributed by atoms with Crippen LogP contribution in [0.2, 0.25) is 0 Å². The first-order chi connectivity index (χ1) is 13.3. The Bertz CT molecular complexity index is 858. The van der Waals surface area contributed by atoms with E-state index >= 15 is 0 Å². The highest BCUT2D eigenvalue weighted by molar-refractivity contribution is 9.10. The lowest BCUT2D eigenvalue weighted by Crippen LogP contribution is -2.34. The molecule has 1 amide bonds. The van der Waals surface area contributed by atoms with Gasteiger partial charge >= 0.3 is 0 Å². The normalized spacial score (nSPS) is 10.4. The van der Waals surface area contributed by atoms with Gasteiger partial charge in [-0.2, -0.15) is 0 Å². The Labute approximate surface area is 178 Å². The van der Waals surface area contributed by atoms with Gasteiger partial charge in [-0.3, -0.25) is 10.1 Å². The Morgan fingerprint density at radius 1 is 1.11 bits per heavy atom. The van der Waals surface area contributed by atoms with Crippen molar-refractivity contribution in [1.29, 1.82) is 0 Å². The lowest BCUT2D eigenvalue weighted by Gasteiger charge is -2.14. The van der Waals surface area contributed by atoms with Crippen LogP contribution in [0, 0.1) is 5.92 Å². The van der Waals surface area contributed by atoms with Crippen molar-refractivity contribution in [2.24, 2.45) is 5.92 Å². The highest BCUT2D eigenvalue weighted by Crippen LogP contribution is 2.29. The van der Waals surface area contributed by atoms with Crippen LogP contribution in [0.25, 0.3) is 0 Å².